The van der Waals surface area contributed by atoms with Gasteiger partial charge in [-0.1, -0.05) is 186 Å². The topological polar surface area (TPSA) is 117 Å². The number of allylic oxidation sites excluding steroid dienone is 4. The average molecular weight is 772 g/mol. The summed E-state index contributed by atoms with van der Waals surface area (Å²) in [4.78, 5) is 22.5. The number of ether oxygens (including phenoxy) is 2. The second kappa shape index (κ2) is 42.1. The quantitative estimate of drug-likeness (QED) is 0.0272. The molecule has 0 aliphatic heterocycles. The number of nitrogens with two attached hydrogens (primary N) is 1. The second-order valence-corrected chi connectivity index (χ2v) is 16.4. The fraction of sp³-hybridized carbons (Fsp3) is 0.886. The Kier molecular flexibility index (Phi) is 41.3. The standard InChI is InChI=1S/C44H86NO7P/c1-3-5-7-9-11-13-15-17-19-20-21-22-24-26-28-30-32-34-36-39-49-41-43(42-51-53(47,48)50-40-38-45)52-44(46)37-35-33-31-29-27-25-23-18-16-14-12-10-8-6-4-2/h13,15,19-20,43H,3-12,14,16-18,21-42,45H2,1-2H3,(H,47,48)/b15-13-,20-19-. The molecule has 0 heterocycles. The highest BCUT2D eigenvalue weighted by Crippen LogP contribution is 2.43. The molecule has 0 aromatic rings. The number of hydrogen-bond donors (Lipinski definition) is 2. The first-order chi connectivity index (χ1) is 25.9. The molecule has 9 heteroatoms. The van der Waals surface area contributed by atoms with Crippen LogP contribution in [-0.2, 0) is 27.9 Å². The summed E-state index contributed by atoms with van der Waals surface area (Å²) < 4.78 is 33.5. The Morgan fingerprint density at radius 1 is 0.566 bits per heavy atom. The molecule has 314 valence electrons. The van der Waals surface area contributed by atoms with Crippen LogP contribution >= 0.6 is 7.82 Å². The average Bonchev–Trinajstić information content (AvgIpc) is 3.15. The number of phosphoric acid groups is 1. The first-order valence-corrected chi connectivity index (χ1v) is 23.8. The predicted octanol–water partition coefficient (Wildman–Crippen LogP) is 13.3. The Morgan fingerprint density at radius 3 is 1.49 bits per heavy atom. The molecule has 8 nitrogen and oxygen atoms in total. The molecule has 0 aromatic heterocycles. The highest BCUT2D eigenvalue weighted by atomic mass is 31.2. The Labute approximate surface area is 327 Å². The Bertz CT molecular complexity index is 869. The zero-order valence-corrected chi connectivity index (χ0v) is 35.7. The van der Waals surface area contributed by atoms with Crippen molar-refractivity contribution in [1.82, 2.24) is 0 Å². The van der Waals surface area contributed by atoms with Gasteiger partial charge in [0.15, 0.2) is 0 Å². The number of unbranched alkanes of at least 4 members (excludes halogenated alkanes) is 26. The van der Waals surface area contributed by atoms with Crippen LogP contribution in [-0.4, -0.2) is 49.9 Å². The van der Waals surface area contributed by atoms with Gasteiger partial charge < -0.3 is 20.1 Å². The zero-order valence-electron chi connectivity index (χ0n) is 34.8. The molecule has 0 saturated heterocycles. The van der Waals surface area contributed by atoms with E-state index in [9.17, 15) is 14.3 Å². The molecule has 0 spiro atoms. The highest BCUT2D eigenvalue weighted by Gasteiger charge is 2.25. The number of carbonyl (C=O) groups is 1. The Balaban J connectivity index is 4.00. The van der Waals surface area contributed by atoms with Gasteiger partial charge >= 0.3 is 13.8 Å². The van der Waals surface area contributed by atoms with Crippen molar-refractivity contribution in [3.05, 3.63) is 24.3 Å². The molecule has 0 bridgehead atoms. The van der Waals surface area contributed by atoms with Crippen molar-refractivity contribution in [3.8, 4) is 0 Å². The number of rotatable bonds is 43. The largest absolute Gasteiger partial charge is 0.472 e. The van der Waals surface area contributed by atoms with E-state index in [4.69, 9.17) is 24.3 Å². The second-order valence-electron chi connectivity index (χ2n) is 14.9. The molecule has 53 heavy (non-hydrogen) atoms. The fourth-order valence-electron chi connectivity index (χ4n) is 6.32. The minimum atomic E-state index is -4.27. The molecular weight excluding hydrogens is 685 g/mol. The Morgan fingerprint density at radius 2 is 1.00 bits per heavy atom. The van der Waals surface area contributed by atoms with E-state index in [1.165, 1.54) is 154 Å². The van der Waals surface area contributed by atoms with Crippen molar-refractivity contribution in [1.29, 1.82) is 0 Å². The third-order valence-corrected chi connectivity index (χ3v) is 10.6. The van der Waals surface area contributed by atoms with Crippen molar-refractivity contribution in [3.63, 3.8) is 0 Å². The van der Waals surface area contributed by atoms with Crippen LogP contribution in [0.3, 0.4) is 0 Å². The summed E-state index contributed by atoms with van der Waals surface area (Å²) in [6.07, 6.45) is 46.2. The minimum absolute atomic E-state index is 0.0946. The summed E-state index contributed by atoms with van der Waals surface area (Å²) in [7, 11) is -4.27. The van der Waals surface area contributed by atoms with Gasteiger partial charge in [0.2, 0.25) is 0 Å². The van der Waals surface area contributed by atoms with Crippen LogP contribution in [0.4, 0.5) is 0 Å². The van der Waals surface area contributed by atoms with E-state index in [0.717, 1.165) is 38.5 Å². The van der Waals surface area contributed by atoms with Crippen LogP contribution in [0, 0.1) is 0 Å². The minimum Gasteiger partial charge on any atom is -0.457 e. The molecule has 0 aliphatic carbocycles. The Hall–Kier alpha value is -1.02. The third kappa shape index (κ3) is 42.0. The molecule has 0 saturated carbocycles. The summed E-state index contributed by atoms with van der Waals surface area (Å²) in [5, 5.41) is 0. The van der Waals surface area contributed by atoms with E-state index in [2.05, 4.69) is 38.2 Å². The number of carbonyl (C=O) groups excluding carboxylic acids is 1. The zero-order chi connectivity index (χ0) is 38.8. The van der Waals surface area contributed by atoms with Gasteiger partial charge in [-0.25, -0.2) is 4.57 Å². The molecular formula is C44H86NO7P. The van der Waals surface area contributed by atoms with Crippen LogP contribution in [0.5, 0.6) is 0 Å². The van der Waals surface area contributed by atoms with Gasteiger partial charge in [-0.05, 0) is 44.9 Å². The van der Waals surface area contributed by atoms with E-state index in [1.807, 2.05) is 0 Å². The molecule has 0 radical (unpaired) electrons. The number of phosphoric ester groups is 1. The van der Waals surface area contributed by atoms with Crippen molar-refractivity contribution < 1.29 is 32.8 Å². The highest BCUT2D eigenvalue weighted by molar-refractivity contribution is 7.47. The van der Waals surface area contributed by atoms with Crippen LogP contribution in [0.25, 0.3) is 0 Å². The number of hydrogen-bond acceptors (Lipinski definition) is 7. The van der Waals surface area contributed by atoms with Gasteiger partial charge in [0, 0.05) is 19.6 Å². The summed E-state index contributed by atoms with van der Waals surface area (Å²) in [6.45, 7) is 4.93. The van der Waals surface area contributed by atoms with Gasteiger partial charge in [-0.2, -0.15) is 0 Å². The SMILES string of the molecule is CCCCCC/C=C\C/C=C\CCCCCCCCCCOCC(COP(=O)(O)OCCN)OC(=O)CCCCCCCCCCCCCCCCC. The van der Waals surface area contributed by atoms with Gasteiger partial charge in [0.1, 0.15) is 6.10 Å². The van der Waals surface area contributed by atoms with E-state index in [-0.39, 0.29) is 32.3 Å². The summed E-state index contributed by atoms with van der Waals surface area (Å²) >= 11 is 0. The molecule has 0 amide bonds. The monoisotopic (exact) mass is 772 g/mol. The first-order valence-electron chi connectivity index (χ1n) is 22.3. The maximum absolute atomic E-state index is 12.6. The lowest BCUT2D eigenvalue weighted by Crippen LogP contribution is -2.28. The van der Waals surface area contributed by atoms with E-state index in [0.29, 0.717) is 13.0 Å². The molecule has 0 rings (SSSR count). The first kappa shape index (κ1) is 52.0. The van der Waals surface area contributed by atoms with Gasteiger partial charge in [0.05, 0.1) is 19.8 Å². The molecule has 0 aromatic carbocycles. The maximum atomic E-state index is 12.6. The predicted molar refractivity (Wildman–Crippen MR) is 224 cm³/mol. The van der Waals surface area contributed by atoms with Crippen molar-refractivity contribution in [2.75, 3.05) is 33.0 Å². The molecule has 2 atom stereocenters. The van der Waals surface area contributed by atoms with Crippen LogP contribution in [0.1, 0.15) is 213 Å². The van der Waals surface area contributed by atoms with Gasteiger partial charge in [0.25, 0.3) is 0 Å². The summed E-state index contributed by atoms with van der Waals surface area (Å²) in [6, 6.07) is 0. The molecule has 0 fully saturated rings. The number of esters is 1. The van der Waals surface area contributed by atoms with Crippen LogP contribution < -0.4 is 5.73 Å². The van der Waals surface area contributed by atoms with E-state index < -0.39 is 13.9 Å². The summed E-state index contributed by atoms with van der Waals surface area (Å²) in [5.41, 5.74) is 5.37. The lowest BCUT2D eigenvalue weighted by Gasteiger charge is -2.20. The third-order valence-electron chi connectivity index (χ3n) is 9.62. The molecule has 3 N–H and O–H groups in total. The van der Waals surface area contributed by atoms with Crippen LogP contribution in [0.2, 0.25) is 0 Å². The lowest BCUT2D eigenvalue weighted by atomic mass is 10.0. The normalized spacial score (nSPS) is 13.7. The van der Waals surface area contributed by atoms with Crippen molar-refractivity contribution >= 4 is 13.8 Å². The van der Waals surface area contributed by atoms with Crippen molar-refractivity contribution in [2.45, 2.75) is 219 Å². The van der Waals surface area contributed by atoms with Crippen molar-refractivity contribution in [2.24, 2.45) is 5.73 Å². The smallest absolute Gasteiger partial charge is 0.457 e. The molecule has 0 aliphatic rings. The lowest BCUT2D eigenvalue weighted by molar-refractivity contribution is -0.154. The summed E-state index contributed by atoms with van der Waals surface area (Å²) in [5.74, 6) is -0.329. The van der Waals surface area contributed by atoms with E-state index in [1.54, 1.807) is 0 Å². The van der Waals surface area contributed by atoms with Gasteiger partial charge in [-0.15, -0.1) is 0 Å². The van der Waals surface area contributed by atoms with Crippen LogP contribution in [0.15, 0.2) is 24.3 Å². The maximum Gasteiger partial charge on any atom is 0.472 e. The molecule has 2 unspecified atom stereocenters. The fourth-order valence-corrected chi connectivity index (χ4v) is 7.09. The van der Waals surface area contributed by atoms with E-state index >= 15 is 0 Å². The van der Waals surface area contributed by atoms with Gasteiger partial charge in [-0.3, -0.25) is 13.8 Å².